The summed E-state index contributed by atoms with van der Waals surface area (Å²) in [4.78, 5) is 0. The van der Waals surface area contributed by atoms with Crippen molar-refractivity contribution in [2.45, 2.75) is 0 Å². The van der Waals surface area contributed by atoms with Crippen LogP contribution in [0.5, 0.6) is 23.0 Å². The van der Waals surface area contributed by atoms with E-state index >= 15 is 0 Å². The summed E-state index contributed by atoms with van der Waals surface area (Å²) in [5.41, 5.74) is 4.28. The zero-order valence-electron chi connectivity index (χ0n) is 19.2. The Balaban J connectivity index is 1.74. The summed E-state index contributed by atoms with van der Waals surface area (Å²) in [6.07, 6.45) is 15.2. The molecule has 2 aromatic carbocycles. The van der Waals surface area contributed by atoms with Gasteiger partial charge in [0.2, 0.25) is 0 Å². The molecule has 3 aromatic rings. The Hall–Kier alpha value is -4.00. The number of hydrogen-bond donors (Lipinski definition) is 1. The van der Waals surface area contributed by atoms with Crippen LogP contribution in [0.3, 0.4) is 0 Å². The molecule has 1 heterocycles. The number of aromatic nitrogens is 3. The predicted octanol–water partition coefficient (Wildman–Crippen LogP) is 4.17. The number of methoxy groups -OCH3 is 2. The van der Waals surface area contributed by atoms with Crippen molar-refractivity contribution in [3.05, 3.63) is 50.7 Å². The fraction of sp³-hybridized carbons (Fsp3) is 0.167. The number of hydrazone groups is 1. The second kappa shape index (κ2) is 13.2. The molecule has 36 heavy (non-hydrogen) atoms. The first-order chi connectivity index (χ1) is 17.5. The van der Waals surface area contributed by atoms with Crippen LogP contribution in [0.1, 0.15) is 11.1 Å². The van der Waals surface area contributed by atoms with Gasteiger partial charge in [-0.3, -0.25) is 0 Å². The molecule has 0 aliphatic heterocycles. The summed E-state index contributed by atoms with van der Waals surface area (Å²) in [5.74, 6) is 7.16. The van der Waals surface area contributed by atoms with Gasteiger partial charge in [0.15, 0.2) is 23.0 Å². The van der Waals surface area contributed by atoms with E-state index in [-0.39, 0.29) is 13.2 Å². The Morgan fingerprint density at radius 2 is 1.50 bits per heavy atom. The van der Waals surface area contributed by atoms with E-state index in [4.69, 9.17) is 31.8 Å². The summed E-state index contributed by atoms with van der Waals surface area (Å²) in [6, 6.07) is 7.14. The summed E-state index contributed by atoms with van der Waals surface area (Å²) < 4.78 is 24.6. The Labute approximate surface area is 224 Å². The van der Waals surface area contributed by atoms with Crippen molar-refractivity contribution >= 4 is 50.2 Å². The maximum Gasteiger partial charge on any atom is 0.265 e. The maximum atomic E-state index is 5.53. The molecule has 0 aliphatic carbocycles. The Morgan fingerprint density at radius 3 is 2.03 bits per heavy atom. The predicted molar refractivity (Wildman–Crippen MR) is 144 cm³/mol. The largest absolute Gasteiger partial charge is 0.493 e. The standard InChI is InChI=1S/C24H20Br2N6O4/c1-5-7-35-22-18(25)9-16(11-20(22)33-3)13-27-30-24-31-28-15-32(24)29-14-17-10-19(26)23(36-8-6-2)21(12-17)34-4/h1-2,9-15H,7-8H2,3-4H3,(H,30,31)/b27-13?,29-14+. The molecule has 3 rings (SSSR count). The summed E-state index contributed by atoms with van der Waals surface area (Å²) >= 11 is 6.92. The van der Waals surface area contributed by atoms with Crippen LogP contribution in [0.15, 0.2) is 49.7 Å². The van der Waals surface area contributed by atoms with Crippen molar-refractivity contribution in [2.24, 2.45) is 10.2 Å². The molecule has 0 aliphatic rings. The topological polar surface area (TPSA) is 104 Å². The smallest absolute Gasteiger partial charge is 0.265 e. The van der Waals surface area contributed by atoms with Crippen LogP contribution in [0.4, 0.5) is 5.95 Å². The van der Waals surface area contributed by atoms with Gasteiger partial charge >= 0.3 is 0 Å². The number of halogens is 2. The first-order valence-electron chi connectivity index (χ1n) is 10.1. The maximum absolute atomic E-state index is 5.53. The Bertz CT molecular complexity index is 1360. The molecule has 1 aromatic heterocycles. The molecule has 0 bridgehead atoms. The highest BCUT2D eigenvalue weighted by atomic mass is 79.9. The summed E-state index contributed by atoms with van der Waals surface area (Å²) in [5, 5.41) is 16.4. The van der Waals surface area contributed by atoms with Gasteiger partial charge in [-0.1, -0.05) is 11.8 Å². The van der Waals surface area contributed by atoms with Gasteiger partial charge in [-0.25, -0.2) is 5.43 Å². The van der Waals surface area contributed by atoms with Gasteiger partial charge in [0.25, 0.3) is 5.95 Å². The van der Waals surface area contributed by atoms with Crippen LogP contribution >= 0.6 is 31.9 Å². The van der Waals surface area contributed by atoms with Gasteiger partial charge in [-0.2, -0.15) is 14.9 Å². The zero-order valence-corrected chi connectivity index (χ0v) is 22.4. The normalized spacial score (nSPS) is 10.7. The highest BCUT2D eigenvalue weighted by molar-refractivity contribution is 9.11. The quantitative estimate of drug-likeness (QED) is 0.196. The number of anilines is 1. The lowest BCUT2D eigenvalue weighted by Gasteiger charge is -2.11. The van der Waals surface area contributed by atoms with Gasteiger partial charge in [0.05, 0.1) is 35.6 Å². The molecule has 0 saturated heterocycles. The molecule has 0 saturated carbocycles. The number of hydrogen-bond acceptors (Lipinski definition) is 9. The van der Waals surface area contributed by atoms with Crippen LogP contribution in [0, 0.1) is 24.7 Å². The van der Waals surface area contributed by atoms with E-state index in [0.29, 0.717) is 37.9 Å². The Morgan fingerprint density at radius 1 is 0.944 bits per heavy atom. The molecular formula is C24H20Br2N6O4. The highest BCUT2D eigenvalue weighted by Crippen LogP contribution is 2.37. The third-order valence-corrected chi connectivity index (χ3v) is 5.52. The SMILES string of the molecule is C#CCOc1c(Br)cc(C=NNc2nncn2/N=C/c2cc(Br)c(OCC#C)c(OC)c2)cc1OC. The molecule has 0 amide bonds. The van der Waals surface area contributed by atoms with Crippen molar-refractivity contribution in [2.75, 3.05) is 32.9 Å². The van der Waals surface area contributed by atoms with Crippen molar-refractivity contribution < 1.29 is 18.9 Å². The molecule has 0 fully saturated rings. The van der Waals surface area contributed by atoms with Crippen molar-refractivity contribution in [1.29, 1.82) is 0 Å². The van der Waals surface area contributed by atoms with E-state index in [1.807, 2.05) is 12.1 Å². The number of rotatable bonds is 11. The van der Waals surface area contributed by atoms with E-state index in [9.17, 15) is 0 Å². The van der Waals surface area contributed by atoms with E-state index in [0.717, 1.165) is 11.1 Å². The molecule has 0 atom stereocenters. The highest BCUT2D eigenvalue weighted by Gasteiger charge is 2.12. The minimum absolute atomic E-state index is 0.117. The van der Waals surface area contributed by atoms with Gasteiger partial charge in [-0.05, 0) is 67.3 Å². The van der Waals surface area contributed by atoms with E-state index in [1.165, 1.54) is 25.2 Å². The van der Waals surface area contributed by atoms with Gasteiger partial charge in [-0.15, -0.1) is 23.0 Å². The molecule has 10 nitrogen and oxygen atoms in total. The van der Waals surface area contributed by atoms with Crippen LogP contribution in [0.25, 0.3) is 0 Å². The third kappa shape index (κ3) is 6.78. The molecule has 0 unspecified atom stereocenters. The molecule has 0 radical (unpaired) electrons. The van der Waals surface area contributed by atoms with Crippen LogP contribution in [-0.2, 0) is 0 Å². The number of ether oxygens (including phenoxy) is 4. The lowest BCUT2D eigenvalue weighted by atomic mass is 10.2. The molecule has 12 heteroatoms. The van der Waals surface area contributed by atoms with E-state index in [1.54, 1.807) is 24.6 Å². The first kappa shape index (κ1) is 26.6. The lowest BCUT2D eigenvalue weighted by Crippen LogP contribution is -2.01. The Kier molecular flexibility index (Phi) is 9.74. The van der Waals surface area contributed by atoms with E-state index < -0.39 is 0 Å². The van der Waals surface area contributed by atoms with Crippen molar-refractivity contribution in [3.8, 4) is 47.7 Å². The number of terminal acetylenes is 2. The summed E-state index contributed by atoms with van der Waals surface area (Å²) in [7, 11) is 3.08. The van der Waals surface area contributed by atoms with Gasteiger partial charge < -0.3 is 18.9 Å². The van der Waals surface area contributed by atoms with Crippen LogP contribution in [0.2, 0.25) is 0 Å². The van der Waals surface area contributed by atoms with Crippen LogP contribution < -0.4 is 24.4 Å². The molecular weight excluding hydrogens is 596 g/mol. The first-order valence-corrected chi connectivity index (χ1v) is 11.7. The second-order valence-corrected chi connectivity index (χ2v) is 8.38. The lowest BCUT2D eigenvalue weighted by molar-refractivity contribution is 0.329. The fourth-order valence-corrected chi connectivity index (χ4v) is 3.97. The third-order valence-electron chi connectivity index (χ3n) is 4.34. The van der Waals surface area contributed by atoms with E-state index in [2.05, 4.69) is 69.5 Å². The average molecular weight is 616 g/mol. The molecule has 184 valence electrons. The van der Waals surface area contributed by atoms with Crippen molar-refractivity contribution in [1.82, 2.24) is 14.9 Å². The number of nitrogens with one attached hydrogen (secondary N) is 1. The molecule has 0 spiro atoms. The fourth-order valence-electron chi connectivity index (χ4n) is 2.82. The number of benzene rings is 2. The van der Waals surface area contributed by atoms with Gasteiger partial charge in [0.1, 0.15) is 19.5 Å². The minimum atomic E-state index is 0.117. The number of nitrogens with zero attached hydrogens (tertiary/aromatic N) is 5. The average Bonchev–Trinajstić information content (AvgIpc) is 3.32. The zero-order chi connectivity index (χ0) is 25.9. The monoisotopic (exact) mass is 614 g/mol. The summed E-state index contributed by atoms with van der Waals surface area (Å²) in [6.45, 7) is 0.236. The minimum Gasteiger partial charge on any atom is -0.493 e. The molecule has 1 N–H and O–H groups in total. The second-order valence-electron chi connectivity index (χ2n) is 6.67. The van der Waals surface area contributed by atoms with Gasteiger partial charge in [0, 0.05) is 0 Å². The van der Waals surface area contributed by atoms with Crippen molar-refractivity contribution in [3.63, 3.8) is 0 Å². The van der Waals surface area contributed by atoms with Crippen LogP contribution in [-0.4, -0.2) is 54.7 Å².